The van der Waals surface area contributed by atoms with Crippen LogP contribution < -0.4 is 16.1 Å². The molecule has 3 atom stereocenters. The minimum atomic E-state index is -3.03. The number of hydrogen-bond acceptors (Lipinski definition) is 8. The highest BCUT2D eigenvalue weighted by molar-refractivity contribution is 6.99. The summed E-state index contributed by atoms with van der Waals surface area (Å²) in [6.07, 6.45) is 6.04. The summed E-state index contributed by atoms with van der Waals surface area (Å²) >= 11 is 0. The third-order valence-electron chi connectivity index (χ3n) is 7.91. The SMILES string of the molecule is C#C[C@]1(CO[Si](c2ccccc2)(c2ccccc2)C(C)(C)C)O[C@@H](n2cnc3c(N)nc(F)nc32)C[C@@H]1OC(=O)CCC. The van der Waals surface area contributed by atoms with E-state index in [1.807, 2.05) is 43.3 Å². The standard InChI is InChI=1S/C32H36FN5O4Si/c1-6-14-26(39)41-24-19-25(38-21-35-27-28(34)36-30(33)37-29(27)38)42-32(24,7-2)20-40-43(31(3,4)5,22-15-10-8-11-16-22)23-17-12-9-13-18-23/h2,8-13,15-18,21,24-25H,6,14,19-20H2,1,3-5H3,(H2,34,36,37)/t24-,25+,32+/m0/s1. The number of nitrogens with zero attached hydrogens (tertiary/aromatic N) is 4. The summed E-state index contributed by atoms with van der Waals surface area (Å²) in [6, 6.07) is 20.3. The van der Waals surface area contributed by atoms with Gasteiger partial charge in [0.15, 0.2) is 22.6 Å². The molecule has 11 heteroatoms. The highest BCUT2D eigenvalue weighted by Gasteiger charge is 2.56. The Morgan fingerprint density at radius 3 is 2.35 bits per heavy atom. The zero-order chi connectivity index (χ0) is 30.8. The number of esters is 1. The largest absolute Gasteiger partial charge is 0.458 e. The smallest absolute Gasteiger partial charge is 0.312 e. The summed E-state index contributed by atoms with van der Waals surface area (Å²) < 4.78 is 35.4. The van der Waals surface area contributed by atoms with E-state index in [9.17, 15) is 9.18 Å². The van der Waals surface area contributed by atoms with Crippen LogP contribution in [0.5, 0.6) is 0 Å². The van der Waals surface area contributed by atoms with Gasteiger partial charge in [0.1, 0.15) is 12.3 Å². The summed E-state index contributed by atoms with van der Waals surface area (Å²) in [4.78, 5) is 24.6. The molecule has 224 valence electrons. The molecule has 9 nitrogen and oxygen atoms in total. The molecule has 1 aliphatic heterocycles. The second-order valence-electron chi connectivity index (χ2n) is 11.7. The number of carbonyl (C=O) groups excluding carboxylic acids is 1. The number of hydrogen-bond donors (Lipinski definition) is 1. The topological polar surface area (TPSA) is 114 Å². The van der Waals surface area contributed by atoms with Crippen molar-refractivity contribution in [1.29, 1.82) is 0 Å². The molecule has 0 aliphatic carbocycles. The van der Waals surface area contributed by atoms with Crippen molar-refractivity contribution in [2.24, 2.45) is 0 Å². The second-order valence-corrected chi connectivity index (χ2v) is 16.0. The Hall–Kier alpha value is -4.11. The van der Waals surface area contributed by atoms with Gasteiger partial charge in [-0.1, -0.05) is 94.3 Å². The molecular weight excluding hydrogens is 565 g/mol. The summed E-state index contributed by atoms with van der Waals surface area (Å²) in [5.41, 5.74) is 4.81. The van der Waals surface area contributed by atoms with E-state index in [-0.39, 0.29) is 41.5 Å². The Balaban J connectivity index is 1.59. The van der Waals surface area contributed by atoms with Gasteiger partial charge in [0.25, 0.3) is 8.32 Å². The lowest BCUT2D eigenvalue weighted by Crippen LogP contribution is -2.68. The van der Waals surface area contributed by atoms with Crippen LogP contribution in [0.3, 0.4) is 0 Å². The fraction of sp³-hybridized carbons (Fsp3) is 0.375. The fourth-order valence-electron chi connectivity index (χ4n) is 5.87. The van der Waals surface area contributed by atoms with Gasteiger partial charge in [-0.05, 0) is 21.8 Å². The maximum atomic E-state index is 14.2. The molecule has 0 bridgehead atoms. The number of nitrogens with two attached hydrogens (primary N) is 1. The molecule has 0 saturated carbocycles. The molecule has 2 N–H and O–H groups in total. The van der Waals surface area contributed by atoms with E-state index < -0.39 is 38.3 Å². The lowest BCUT2D eigenvalue weighted by molar-refractivity contribution is -0.158. The van der Waals surface area contributed by atoms with Crippen molar-refractivity contribution in [3.8, 4) is 12.3 Å². The van der Waals surface area contributed by atoms with Gasteiger partial charge in [0, 0.05) is 12.8 Å². The molecule has 0 amide bonds. The predicted octanol–water partition coefficient (Wildman–Crippen LogP) is 4.13. The van der Waals surface area contributed by atoms with Crippen LogP contribution in [0, 0.1) is 18.4 Å². The molecule has 4 aromatic rings. The Bertz CT molecular complexity index is 1600. The lowest BCUT2D eigenvalue weighted by Gasteiger charge is -2.44. The van der Waals surface area contributed by atoms with Crippen molar-refractivity contribution in [3.63, 3.8) is 0 Å². The van der Waals surface area contributed by atoms with Crippen LogP contribution in [0.2, 0.25) is 5.04 Å². The van der Waals surface area contributed by atoms with Gasteiger partial charge in [-0.25, -0.2) is 4.98 Å². The van der Waals surface area contributed by atoms with E-state index in [0.29, 0.717) is 6.42 Å². The van der Waals surface area contributed by atoms with Crippen molar-refractivity contribution in [2.75, 3.05) is 12.3 Å². The van der Waals surface area contributed by atoms with Crippen LogP contribution in [-0.4, -0.2) is 52.1 Å². The normalized spacial score (nSPS) is 20.7. The number of terminal acetylenes is 1. The molecule has 2 aromatic carbocycles. The maximum Gasteiger partial charge on any atom is 0.312 e. The van der Waals surface area contributed by atoms with Crippen molar-refractivity contribution in [3.05, 3.63) is 73.1 Å². The quantitative estimate of drug-likeness (QED) is 0.132. The molecule has 1 fully saturated rings. The molecular formula is C32H36FN5O4Si. The van der Waals surface area contributed by atoms with E-state index in [2.05, 4.69) is 65.9 Å². The molecule has 0 unspecified atom stereocenters. The van der Waals surface area contributed by atoms with Gasteiger partial charge in [-0.3, -0.25) is 9.36 Å². The number of carbonyl (C=O) groups is 1. The van der Waals surface area contributed by atoms with Crippen LogP contribution in [0.1, 0.15) is 53.2 Å². The summed E-state index contributed by atoms with van der Waals surface area (Å²) in [7, 11) is -3.03. The molecule has 0 radical (unpaired) electrons. The highest BCUT2D eigenvalue weighted by atomic mass is 28.4. The van der Waals surface area contributed by atoms with Crippen molar-refractivity contribution in [1.82, 2.24) is 19.5 Å². The zero-order valence-electron chi connectivity index (χ0n) is 24.8. The number of aromatic nitrogens is 4. The van der Waals surface area contributed by atoms with E-state index >= 15 is 0 Å². The fourth-order valence-corrected chi connectivity index (χ4v) is 10.5. The maximum absolute atomic E-state index is 14.2. The first-order valence-corrected chi connectivity index (χ1v) is 16.2. The van der Waals surface area contributed by atoms with E-state index in [1.54, 1.807) is 4.57 Å². The van der Waals surface area contributed by atoms with Gasteiger partial charge in [0.05, 0.1) is 12.9 Å². The number of fused-ring (bicyclic) bond motifs is 1. The third-order valence-corrected chi connectivity index (χ3v) is 12.9. The van der Waals surface area contributed by atoms with Gasteiger partial charge in [0.2, 0.25) is 0 Å². The number of benzene rings is 2. The minimum absolute atomic E-state index is 0.0601. The minimum Gasteiger partial charge on any atom is -0.458 e. The Labute approximate surface area is 251 Å². The Morgan fingerprint density at radius 2 is 1.79 bits per heavy atom. The van der Waals surface area contributed by atoms with Crippen LogP contribution in [-0.2, 0) is 18.7 Å². The molecule has 1 aliphatic rings. The van der Waals surface area contributed by atoms with Gasteiger partial charge in [-0.15, -0.1) is 6.42 Å². The predicted molar refractivity (Wildman–Crippen MR) is 164 cm³/mol. The molecule has 1 saturated heterocycles. The Morgan fingerprint density at radius 1 is 1.16 bits per heavy atom. The van der Waals surface area contributed by atoms with Gasteiger partial charge >= 0.3 is 12.0 Å². The first-order valence-electron chi connectivity index (χ1n) is 14.3. The number of halogens is 1. The summed E-state index contributed by atoms with van der Waals surface area (Å²) in [5.74, 6) is 2.31. The average molecular weight is 602 g/mol. The van der Waals surface area contributed by atoms with Crippen molar-refractivity contribution >= 4 is 41.6 Å². The zero-order valence-corrected chi connectivity index (χ0v) is 25.8. The number of anilines is 1. The van der Waals surface area contributed by atoms with Gasteiger partial charge < -0.3 is 19.6 Å². The molecule has 5 rings (SSSR count). The molecule has 43 heavy (non-hydrogen) atoms. The average Bonchev–Trinajstić information content (AvgIpc) is 3.56. The van der Waals surface area contributed by atoms with Crippen molar-refractivity contribution < 1.29 is 23.1 Å². The first kappa shape index (κ1) is 30.3. The van der Waals surface area contributed by atoms with Crippen LogP contribution >= 0.6 is 0 Å². The van der Waals surface area contributed by atoms with Crippen molar-refractivity contribution in [2.45, 2.75) is 69.9 Å². The molecule has 3 heterocycles. The third kappa shape index (κ3) is 5.54. The monoisotopic (exact) mass is 601 g/mol. The van der Waals surface area contributed by atoms with Crippen LogP contribution in [0.25, 0.3) is 11.2 Å². The highest BCUT2D eigenvalue weighted by Crippen LogP contribution is 2.43. The first-order chi connectivity index (χ1) is 20.5. The molecule has 2 aromatic heterocycles. The number of ether oxygens (including phenoxy) is 2. The van der Waals surface area contributed by atoms with E-state index in [1.165, 1.54) is 6.33 Å². The Kier molecular flexibility index (Phi) is 8.38. The number of nitrogen functional groups attached to an aromatic ring is 1. The van der Waals surface area contributed by atoms with E-state index in [4.69, 9.17) is 26.1 Å². The summed E-state index contributed by atoms with van der Waals surface area (Å²) in [5, 5.41) is 1.81. The van der Waals surface area contributed by atoms with E-state index in [0.717, 1.165) is 10.4 Å². The lowest BCUT2D eigenvalue weighted by atomic mass is 9.98. The van der Waals surface area contributed by atoms with Crippen LogP contribution in [0.15, 0.2) is 67.0 Å². The van der Waals surface area contributed by atoms with Gasteiger partial charge in [-0.2, -0.15) is 14.4 Å². The number of rotatable bonds is 9. The second kappa shape index (κ2) is 11.9. The van der Waals surface area contributed by atoms with Crippen LogP contribution in [0.4, 0.5) is 10.2 Å². The number of imidazole rings is 1. The summed E-state index contributed by atoms with van der Waals surface area (Å²) in [6.45, 7) is 8.32. The molecule has 0 spiro atoms.